The van der Waals surface area contributed by atoms with Crippen LogP contribution in [0.25, 0.3) is 0 Å². The van der Waals surface area contributed by atoms with E-state index < -0.39 is 0 Å². The lowest BCUT2D eigenvalue weighted by Crippen LogP contribution is -2.11. The van der Waals surface area contributed by atoms with E-state index >= 15 is 0 Å². The van der Waals surface area contributed by atoms with E-state index in [0.717, 1.165) is 31.8 Å². The second-order valence-electron chi connectivity index (χ2n) is 3.56. The van der Waals surface area contributed by atoms with Crippen LogP contribution in [-0.4, -0.2) is 24.7 Å². The molecular weight excluding hydrogens is 204 g/mol. The second kappa shape index (κ2) is 6.90. The molecule has 0 unspecified atom stereocenters. The first kappa shape index (κ1) is 12.6. The van der Waals surface area contributed by atoms with Crippen molar-refractivity contribution in [2.75, 3.05) is 36.5 Å². The highest BCUT2D eigenvalue weighted by atomic mass is 16.5. The number of nitrogens with zero attached hydrogens (tertiary/aromatic N) is 1. The Kier molecular flexibility index (Phi) is 5.42. The van der Waals surface area contributed by atoms with Gasteiger partial charge in [-0.25, -0.2) is 4.98 Å². The van der Waals surface area contributed by atoms with Crippen molar-refractivity contribution in [2.24, 2.45) is 0 Å². The number of nitrogen functional groups attached to an aromatic ring is 2. The molecular formula is C11H20N4O. The summed E-state index contributed by atoms with van der Waals surface area (Å²) in [7, 11) is 0. The minimum absolute atomic E-state index is 0.358. The molecule has 0 aliphatic carbocycles. The van der Waals surface area contributed by atoms with Crippen molar-refractivity contribution in [1.29, 1.82) is 0 Å². The molecule has 5 nitrogen and oxygen atoms in total. The zero-order chi connectivity index (χ0) is 11.8. The largest absolute Gasteiger partial charge is 0.396 e. The Bertz CT molecular complexity index is 317. The molecule has 5 heteroatoms. The van der Waals surface area contributed by atoms with Gasteiger partial charge in [-0.2, -0.15) is 0 Å². The minimum Gasteiger partial charge on any atom is -0.396 e. The first-order chi connectivity index (χ1) is 7.74. The van der Waals surface area contributed by atoms with E-state index in [4.69, 9.17) is 16.2 Å². The minimum atomic E-state index is 0.358. The Morgan fingerprint density at radius 3 is 2.81 bits per heavy atom. The Hall–Kier alpha value is -1.49. The van der Waals surface area contributed by atoms with Gasteiger partial charge in [0.05, 0.1) is 12.3 Å². The van der Waals surface area contributed by atoms with Crippen LogP contribution in [0.1, 0.15) is 19.8 Å². The molecule has 0 saturated carbocycles. The Morgan fingerprint density at radius 2 is 2.12 bits per heavy atom. The van der Waals surface area contributed by atoms with Crippen LogP contribution in [0, 0.1) is 0 Å². The van der Waals surface area contributed by atoms with Gasteiger partial charge >= 0.3 is 0 Å². The van der Waals surface area contributed by atoms with Gasteiger partial charge in [0, 0.05) is 13.2 Å². The van der Waals surface area contributed by atoms with Crippen LogP contribution in [0.3, 0.4) is 0 Å². The van der Waals surface area contributed by atoms with Crippen molar-refractivity contribution in [1.82, 2.24) is 4.98 Å². The third-order valence-electron chi connectivity index (χ3n) is 2.15. The van der Waals surface area contributed by atoms with Gasteiger partial charge in [-0.1, -0.05) is 13.3 Å². The maximum absolute atomic E-state index is 5.58. The van der Waals surface area contributed by atoms with E-state index in [1.165, 1.54) is 0 Å². The Balaban J connectivity index is 2.19. The predicted octanol–water partition coefficient (Wildman–Crippen LogP) is 1.47. The first-order valence-electron chi connectivity index (χ1n) is 5.57. The average Bonchev–Trinajstić information content (AvgIpc) is 2.28. The van der Waals surface area contributed by atoms with Gasteiger partial charge in [0.15, 0.2) is 0 Å². The van der Waals surface area contributed by atoms with Crippen LogP contribution in [-0.2, 0) is 4.74 Å². The van der Waals surface area contributed by atoms with Gasteiger partial charge in [0.25, 0.3) is 0 Å². The lowest BCUT2D eigenvalue weighted by Gasteiger charge is -2.07. The van der Waals surface area contributed by atoms with Crippen molar-refractivity contribution >= 4 is 17.3 Å². The summed E-state index contributed by atoms with van der Waals surface area (Å²) in [6.07, 6.45) is 2.26. The lowest BCUT2D eigenvalue weighted by molar-refractivity contribution is 0.141. The second-order valence-corrected chi connectivity index (χ2v) is 3.56. The highest BCUT2D eigenvalue weighted by Crippen LogP contribution is 2.14. The SMILES string of the molecule is CCCCOCCNc1ccc(N)c(N)n1. The summed E-state index contributed by atoms with van der Waals surface area (Å²) in [6, 6.07) is 3.54. The molecule has 0 spiro atoms. The number of pyridine rings is 1. The summed E-state index contributed by atoms with van der Waals surface area (Å²) in [4.78, 5) is 4.09. The van der Waals surface area contributed by atoms with Crippen LogP contribution < -0.4 is 16.8 Å². The normalized spacial score (nSPS) is 10.3. The van der Waals surface area contributed by atoms with E-state index in [1.807, 2.05) is 0 Å². The number of rotatable bonds is 7. The van der Waals surface area contributed by atoms with Gasteiger partial charge < -0.3 is 21.5 Å². The van der Waals surface area contributed by atoms with E-state index in [2.05, 4.69) is 17.2 Å². The number of unbranched alkanes of at least 4 members (excludes halogenated alkanes) is 1. The molecule has 1 aromatic heterocycles. The molecule has 0 radical (unpaired) electrons. The number of hydrogen-bond donors (Lipinski definition) is 3. The molecule has 0 bridgehead atoms. The van der Waals surface area contributed by atoms with E-state index in [1.54, 1.807) is 12.1 Å². The highest BCUT2D eigenvalue weighted by molar-refractivity contribution is 5.61. The fourth-order valence-electron chi connectivity index (χ4n) is 1.18. The van der Waals surface area contributed by atoms with E-state index in [9.17, 15) is 0 Å². The maximum Gasteiger partial charge on any atom is 0.149 e. The topological polar surface area (TPSA) is 86.2 Å². The molecule has 16 heavy (non-hydrogen) atoms. The lowest BCUT2D eigenvalue weighted by atomic mass is 10.4. The monoisotopic (exact) mass is 224 g/mol. The van der Waals surface area contributed by atoms with E-state index in [-0.39, 0.29) is 0 Å². The number of nitrogens with one attached hydrogen (secondary N) is 1. The summed E-state index contributed by atoms with van der Waals surface area (Å²) < 4.78 is 5.40. The molecule has 0 atom stereocenters. The Labute approximate surface area is 96.2 Å². The Morgan fingerprint density at radius 1 is 1.31 bits per heavy atom. The highest BCUT2D eigenvalue weighted by Gasteiger charge is 1.98. The summed E-state index contributed by atoms with van der Waals surface area (Å²) >= 11 is 0. The van der Waals surface area contributed by atoms with E-state index in [0.29, 0.717) is 18.1 Å². The number of anilines is 3. The third kappa shape index (κ3) is 4.35. The van der Waals surface area contributed by atoms with Crippen molar-refractivity contribution in [2.45, 2.75) is 19.8 Å². The molecule has 0 aliphatic heterocycles. The molecule has 1 aromatic rings. The number of hydrogen-bond acceptors (Lipinski definition) is 5. The fraction of sp³-hybridized carbons (Fsp3) is 0.545. The van der Waals surface area contributed by atoms with Gasteiger partial charge in [0.2, 0.25) is 0 Å². The molecule has 5 N–H and O–H groups in total. The van der Waals surface area contributed by atoms with Gasteiger partial charge in [-0.15, -0.1) is 0 Å². The van der Waals surface area contributed by atoms with Crippen molar-refractivity contribution in [3.8, 4) is 0 Å². The predicted molar refractivity (Wildman–Crippen MR) is 67.3 cm³/mol. The zero-order valence-corrected chi connectivity index (χ0v) is 9.70. The average molecular weight is 224 g/mol. The molecule has 0 aliphatic rings. The van der Waals surface area contributed by atoms with Crippen LogP contribution >= 0.6 is 0 Å². The molecule has 0 saturated heterocycles. The standard InChI is InChI=1S/C11H20N4O/c1-2-3-7-16-8-6-14-10-5-4-9(12)11(13)15-10/h4-5H,2-3,6-8,12H2,1H3,(H3,13,14,15). The molecule has 1 heterocycles. The molecule has 1 rings (SSSR count). The summed E-state index contributed by atoms with van der Waals surface area (Å²) in [5.74, 6) is 1.09. The summed E-state index contributed by atoms with van der Waals surface area (Å²) in [5.41, 5.74) is 11.6. The van der Waals surface area contributed by atoms with Crippen molar-refractivity contribution in [3.63, 3.8) is 0 Å². The number of nitrogens with two attached hydrogens (primary N) is 2. The number of aromatic nitrogens is 1. The van der Waals surface area contributed by atoms with Crippen molar-refractivity contribution in [3.05, 3.63) is 12.1 Å². The van der Waals surface area contributed by atoms with Crippen molar-refractivity contribution < 1.29 is 4.74 Å². The van der Waals surface area contributed by atoms with Gasteiger partial charge in [-0.3, -0.25) is 0 Å². The third-order valence-corrected chi connectivity index (χ3v) is 2.15. The molecule has 90 valence electrons. The van der Waals surface area contributed by atoms with Crippen LogP contribution in [0.4, 0.5) is 17.3 Å². The maximum atomic E-state index is 5.58. The smallest absolute Gasteiger partial charge is 0.149 e. The zero-order valence-electron chi connectivity index (χ0n) is 9.70. The fourth-order valence-corrected chi connectivity index (χ4v) is 1.18. The summed E-state index contributed by atoms with van der Waals surface area (Å²) in [5, 5.41) is 3.12. The molecule has 0 fully saturated rings. The summed E-state index contributed by atoms with van der Waals surface area (Å²) in [6.45, 7) is 4.35. The molecule has 0 amide bonds. The first-order valence-corrected chi connectivity index (χ1v) is 5.57. The van der Waals surface area contributed by atoms with Crippen LogP contribution in [0.15, 0.2) is 12.1 Å². The van der Waals surface area contributed by atoms with Gasteiger partial charge in [-0.05, 0) is 18.6 Å². The van der Waals surface area contributed by atoms with Crippen LogP contribution in [0.5, 0.6) is 0 Å². The van der Waals surface area contributed by atoms with Gasteiger partial charge in [0.1, 0.15) is 11.6 Å². The quantitative estimate of drug-likeness (QED) is 0.611. The number of ether oxygens (including phenoxy) is 1. The van der Waals surface area contributed by atoms with Crippen LogP contribution in [0.2, 0.25) is 0 Å². The molecule has 0 aromatic carbocycles.